The number of aromatic nitrogens is 4. The SMILES string of the molecule is COc1cc2c(c(Cl)c1OC)CC(C)n1c(C)c(-c3ccncc3C)c(-c3nc(C)no3)c1-2. The molecule has 0 amide bonds. The summed E-state index contributed by atoms with van der Waals surface area (Å²) in [6.07, 6.45) is 4.44. The van der Waals surface area contributed by atoms with E-state index in [4.69, 9.17) is 25.6 Å². The standard InChI is InChI=1S/C25H25ClN4O3/c1-12-11-27-8-7-16(12)20-14(3)30-13(2)9-17-18(10-19(31-5)24(32-6)22(17)26)23(30)21(20)25-28-15(4)29-33-25/h7-8,10-11,13H,9H2,1-6H3. The number of aryl methyl sites for hydroxylation is 2. The van der Waals surface area contributed by atoms with Gasteiger partial charge < -0.3 is 18.6 Å². The number of fused-ring (bicyclic) bond motifs is 3. The van der Waals surface area contributed by atoms with E-state index in [1.807, 2.05) is 31.5 Å². The van der Waals surface area contributed by atoms with E-state index in [9.17, 15) is 0 Å². The normalized spacial score (nSPS) is 14.7. The molecular weight excluding hydrogens is 440 g/mol. The van der Waals surface area contributed by atoms with Crippen LogP contribution < -0.4 is 9.47 Å². The average molecular weight is 465 g/mol. The Morgan fingerprint density at radius 1 is 1.12 bits per heavy atom. The maximum absolute atomic E-state index is 6.86. The van der Waals surface area contributed by atoms with Crippen molar-refractivity contribution in [3.63, 3.8) is 0 Å². The molecule has 0 aliphatic carbocycles. The first kappa shape index (κ1) is 21.5. The van der Waals surface area contributed by atoms with Gasteiger partial charge in [-0.15, -0.1) is 0 Å². The van der Waals surface area contributed by atoms with E-state index in [1.165, 1.54) is 0 Å². The Balaban J connectivity index is 1.94. The number of rotatable bonds is 4. The van der Waals surface area contributed by atoms with Gasteiger partial charge >= 0.3 is 0 Å². The minimum atomic E-state index is 0.154. The van der Waals surface area contributed by atoms with Crippen molar-refractivity contribution in [2.75, 3.05) is 14.2 Å². The van der Waals surface area contributed by atoms with Crippen LogP contribution in [-0.2, 0) is 6.42 Å². The maximum Gasteiger partial charge on any atom is 0.260 e. The first-order valence-electron chi connectivity index (χ1n) is 10.8. The second kappa shape index (κ2) is 7.92. The molecule has 8 heteroatoms. The van der Waals surface area contributed by atoms with Crippen LogP contribution in [0.15, 0.2) is 29.0 Å². The molecule has 0 fully saturated rings. The Kier molecular flexibility index (Phi) is 5.16. The van der Waals surface area contributed by atoms with Gasteiger partial charge in [0.25, 0.3) is 5.89 Å². The number of benzene rings is 1. The first-order valence-corrected chi connectivity index (χ1v) is 11.1. The molecule has 3 aromatic heterocycles. The van der Waals surface area contributed by atoms with E-state index in [0.29, 0.717) is 28.2 Å². The highest BCUT2D eigenvalue weighted by Crippen LogP contribution is 2.53. The quantitative estimate of drug-likeness (QED) is 0.370. The van der Waals surface area contributed by atoms with E-state index < -0.39 is 0 Å². The zero-order chi connectivity index (χ0) is 23.4. The van der Waals surface area contributed by atoms with Gasteiger partial charge in [0.05, 0.1) is 30.5 Å². The summed E-state index contributed by atoms with van der Waals surface area (Å²) in [5.41, 5.74) is 8.19. The number of pyridine rings is 1. The third kappa shape index (κ3) is 3.14. The van der Waals surface area contributed by atoms with Crippen LogP contribution in [0.1, 0.15) is 35.6 Å². The molecule has 0 radical (unpaired) electrons. The second-order valence-corrected chi connectivity index (χ2v) is 8.77. The van der Waals surface area contributed by atoms with Crippen LogP contribution in [0.2, 0.25) is 5.02 Å². The molecule has 1 unspecified atom stereocenters. The van der Waals surface area contributed by atoms with Crippen molar-refractivity contribution in [1.82, 2.24) is 19.7 Å². The lowest BCUT2D eigenvalue weighted by Gasteiger charge is -2.29. The molecular formula is C25H25ClN4O3. The Morgan fingerprint density at radius 2 is 1.91 bits per heavy atom. The predicted molar refractivity (Wildman–Crippen MR) is 127 cm³/mol. The van der Waals surface area contributed by atoms with Crippen molar-refractivity contribution in [3.8, 4) is 45.3 Å². The predicted octanol–water partition coefficient (Wildman–Crippen LogP) is 5.98. The summed E-state index contributed by atoms with van der Waals surface area (Å²) in [4.78, 5) is 8.91. The van der Waals surface area contributed by atoms with Crippen LogP contribution in [0.5, 0.6) is 11.5 Å². The lowest BCUT2D eigenvalue weighted by molar-refractivity contribution is 0.354. The molecule has 1 aliphatic heterocycles. The van der Waals surface area contributed by atoms with Crippen molar-refractivity contribution in [3.05, 3.63) is 52.2 Å². The van der Waals surface area contributed by atoms with Gasteiger partial charge in [-0.2, -0.15) is 4.98 Å². The van der Waals surface area contributed by atoms with Crippen LogP contribution in [0.25, 0.3) is 33.8 Å². The van der Waals surface area contributed by atoms with Crippen molar-refractivity contribution >= 4 is 11.6 Å². The fraction of sp³-hybridized carbons (Fsp3) is 0.320. The molecule has 170 valence electrons. The molecule has 1 atom stereocenters. The zero-order valence-corrected chi connectivity index (χ0v) is 20.2. The van der Waals surface area contributed by atoms with Crippen LogP contribution in [0, 0.1) is 20.8 Å². The van der Waals surface area contributed by atoms with Gasteiger partial charge in [-0.05, 0) is 62.9 Å². The number of ether oxygens (including phenoxy) is 2. The molecule has 4 heterocycles. The highest BCUT2D eigenvalue weighted by Gasteiger charge is 2.35. The Hall–Kier alpha value is -3.32. The maximum atomic E-state index is 6.86. The molecule has 0 N–H and O–H groups in total. The minimum Gasteiger partial charge on any atom is -0.493 e. The number of hydrogen-bond donors (Lipinski definition) is 0. The third-order valence-corrected chi connectivity index (χ3v) is 6.79. The fourth-order valence-electron chi connectivity index (χ4n) is 5.00. The van der Waals surface area contributed by atoms with Gasteiger partial charge in [0.1, 0.15) is 0 Å². The van der Waals surface area contributed by atoms with Crippen molar-refractivity contribution in [1.29, 1.82) is 0 Å². The molecule has 0 saturated carbocycles. The molecule has 4 aromatic rings. The Labute approximate surface area is 197 Å². The number of halogens is 1. The zero-order valence-electron chi connectivity index (χ0n) is 19.5. The molecule has 0 bridgehead atoms. The summed E-state index contributed by atoms with van der Waals surface area (Å²) < 4.78 is 19.3. The largest absolute Gasteiger partial charge is 0.493 e. The van der Waals surface area contributed by atoms with E-state index in [0.717, 1.165) is 51.2 Å². The first-order chi connectivity index (χ1) is 15.9. The molecule has 7 nitrogen and oxygen atoms in total. The van der Waals surface area contributed by atoms with Gasteiger partial charge in [0.2, 0.25) is 0 Å². The number of hydrogen-bond acceptors (Lipinski definition) is 6. The Bertz CT molecular complexity index is 1390. The monoisotopic (exact) mass is 464 g/mol. The number of nitrogens with zero attached hydrogens (tertiary/aromatic N) is 4. The van der Waals surface area contributed by atoms with Gasteiger partial charge in [0.15, 0.2) is 17.3 Å². The lowest BCUT2D eigenvalue weighted by Crippen LogP contribution is -2.18. The molecule has 1 aliphatic rings. The second-order valence-electron chi connectivity index (χ2n) is 8.40. The van der Waals surface area contributed by atoms with E-state index >= 15 is 0 Å². The molecule has 5 rings (SSSR count). The number of methoxy groups -OCH3 is 2. The van der Waals surface area contributed by atoms with Crippen LogP contribution in [-0.4, -0.2) is 33.9 Å². The summed E-state index contributed by atoms with van der Waals surface area (Å²) in [5, 5.41) is 4.65. The van der Waals surface area contributed by atoms with E-state index in [2.05, 4.69) is 40.5 Å². The summed E-state index contributed by atoms with van der Waals surface area (Å²) in [6.45, 7) is 8.21. The smallest absolute Gasteiger partial charge is 0.260 e. The van der Waals surface area contributed by atoms with Crippen LogP contribution >= 0.6 is 11.6 Å². The van der Waals surface area contributed by atoms with Crippen molar-refractivity contribution in [2.45, 2.75) is 40.2 Å². The fourth-order valence-corrected chi connectivity index (χ4v) is 5.35. The highest BCUT2D eigenvalue weighted by atomic mass is 35.5. The van der Waals surface area contributed by atoms with Crippen molar-refractivity contribution in [2.24, 2.45) is 0 Å². The summed E-state index contributed by atoms with van der Waals surface area (Å²) in [5.74, 6) is 2.17. The molecule has 33 heavy (non-hydrogen) atoms. The minimum absolute atomic E-state index is 0.154. The summed E-state index contributed by atoms with van der Waals surface area (Å²) in [7, 11) is 3.22. The van der Waals surface area contributed by atoms with Gasteiger partial charge in [-0.1, -0.05) is 16.8 Å². The van der Waals surface area contributed by atoms with Gasteiger partial charge in [-0.3, -0.25) is 4.98 Å². The Morgan fingerprint density at radius 3 is 2.55 bits per heavy atom. The molecule has 0 saturated heterocycles. The third-order valence-electron chi connectivity index (χ3n) is 6.39. The van der Waals surface area contributed by atoms with E-state index in [-0.39, 0.29) is 6.04 Å². The topological polar surface area (TPSA) is 75.2 Å². The van der Waals surface area contributed by atoms with Crippen molar-refractivity contribution < 1.29 is 14.0 Å². The van der Waals surface area contributed by atoms with Crippen LogP contribution in [0.4, 0.5) is 0 Å². The average Bonchev–Trinajstić information content (AvgIpc) is 3.36. The highest BCUT2D eigenvalue weighted by molar-refractivity contribution is 6.33. The van der Waals surface area contributed by atoms with Crippen LogP contribution in [0.3, 0.4) is 0 Å². The van der Waals surface area contributed by atoms with E-state index in [1.54, 1.807) is 14.2 Å². The molecule has 1 aromatic carbocycles. The summed E-state index contributed by atoms with van der Waals surface area (Å²) in [6, 6.07) is 4.18. The van der Waals surface area contributed by atoms with Gasteiger partial charge in [-0.25, -0.2) is 0 Å². The molecule has 0 spiro atoms. The lowest BCUT2D eigenvalue weighted by atomic mass is 9.90. The summed E-state index contributed by atoms with van der Waals surface area (Å²) >= 11 is 6.86. The van der Waals surface area contributed by atoms with Gasteiger partial charge in [0, 0.05) is 35.3 Å².